The van der Waals surface area contributed by atoms with E-state index in [1.807, 2.05) is 35.9 Å². The maximum atomic E-state index is 11.5. The first-order valence-electron chi connectivity index (χ1n) is 6.71. The fourth-order valence-corrected chi connectivity index (χ4v) is 2.59. The zero-order valence-corrected chi connectivity index (χ0v) is 11.6. The van der Waals surface area contributed by atoms with Gasteiger partial charge in [-0.1, -0.05) is 6.07 Å². The van der Waals surface area contributed by atoms with Gasteiger partial charge < -0.3 is 14.8 Å². The average Bonchev–Trinajstić information content (AvgIpc) is 2.82. The number of carboxylic acids is 1. The van der Waals surface area contributed by atoms with Crippen molar-refractivity contribution in [1.29, 1.82) is 0 Å². The summed E-state index contributed by atoms with van der Waals surface area (Å²) in [4.78, 5) is 28.9. The van der Waals surface area contributed by atoms with Crippen molar-refractivity contribution in [2.75, 3.05) is 13.1 Å². The molecule has 0 aliphatic carbocycles. The van der Waals surface area contributed by atoms with E-state index in [9.17, 15) is 14.7 Å². The quantitative estimate of drug-likeness (QED) is 0.832. The van der Waals surface area contributed by atoms with Crippen molar-refractivity contribution in [3.05, 3.63) is 35.8 Å². The van der Waals surface area contributed by atoms with Crippen molar-refractivity contribution in [2.24, 2.45) is 0 Å². The van der Waals surface area contributed by atoms with Crippen molar-refractivity contribution in [1.82, 2.24) is 19.6 Å². The van der Waals surface area contributed by atoms with E-state index in [2.05, 4.69) is 10.3 Å². The lowest BCUT2D eigenvalue weighted by molar-refractivity contribution is -0.146. The van der Waals surface area contributed by atoms with E-state index in [0.717, 1.165) is 16.9 Å². The highest BCUT2D eigenvalue weighted by molar-refractivity contribution is 5.83. The molecule has 2 aromatic rings. The van der Waals surface area contributed by atoms with Crippen molar-refractivity contribution in [3.63, 3.8) is 0 Å². The summed E-state index contributed by atoms with van der Waals surface area (Å²) in [7, 11) is 0. The number of piperazine rings is 1. The summed E-state index contributed by atoms with van der Waals surface area (Å²) in [5, 5.41) is 11.8. The van der Waals surface area contributed by atoms with Gasteiger partial charge in [0.25, 0.3) is 0 Å². The molecule has 110 valence electrons. The van der Waals surface area contributed by atoms with Gasteiger partial charge in [-0.25, -0.2) is 4.98 Å². The Morgan fingerprint density at radius 2 is 2.38 bits per heavy atom. The molecule has 0 radical (unpaired) electrons. The summed E-state index contributed by atoms with van der Waals surface area (Å²) in [6.07, 6.45) is 3.77. The fraction of sp³-hybridized carbons (Fsp3) is 0.357. The van der Waals surface area contributed by atoms with E-state index in [-0.39, 0.29) is 19.0 Å². The van der Waals surface area contributed by atoms with E-state index < -0.39 is 12.0 Å². The number of aliphatic carboxylic acids is 1. The Morgan fingerprint density at radius 3 is 3.10 bits per heavy atom. The Morgan fingerprint density at radius 1 is 1.57 bits per heavy atom. The molecule has 1 amide bonds. The lowest BCUT2D eigenvalue weighted by Crippen LogP contribution is -2.56. The van der Waals surface area contributed by atoms with Crippen molar-refractivity contribution in [2.45, 2.75) is 19.5 Å². The Labute approximate surface area is 121 Å². The number of carboxylic acid groups (broad SMARTS) is 1. The van der Waals surface area contributed by atoms with Crippen LogP contribution >= 0.6 is 0 Å². The number of aryl methyl sites for hydroxylation is 1. The number of nitrogens with one attached hydrogen (secondary N) is 1. The van der Waals surface area contributed by atoms with Gasteiger partial charge in [0.05, 0.1) is 12.2 Å². The zero-order valence-electron chi connectivity index (χ0n) is 11.6. The fourth-order valence-electron chi connectivity index (χ4n) is 2.59. The molecule has 1 fully saturated rings. The summed E-state index contributed by atoms with van der Waals surface area (Å²) in [6.45, 7) is 2.51. The normalized spacial score (nSPS) is 19.7. The third-order valence-corrected chi connectivity index (χ3v) is 3.66. The molecule has 0 bridgehead atoms. The SMILES string of the molecule is Cc1cccn2cc(CN3CC(=O)NCC3C(=O)O)nc12. The number of imidazole rings is 1. The molecule has 0 aromatic carbocycles. The Hall–Kier alpha value is -2.41. The number of carbonyl (C=O) groups excluding carboxylic acids is 1. The zero-order chi connectivity index (χ0) is 15.0. The van der Waals surface area contributed by atoms with Crippen LogP contribution in [0.5, 0.6) is 0 Å². The van der Waals surface area contributed by atoms with Crippen LogP contribution in [0.4, 0.5) is 0 Å². The maximum absolute atomic E-state index is 11.5. The maximum Gasteiger partial charge on any atom is 0.322 e. The molecular weight excluding hydrogens is 272 g/mol. The molecule has 3 heterocycles. The van der Waals surface area contributed by atoms with Crippen molar-refractivity contribution < 1.29 is 14.7 Å². The highest BCUT2D eigenvalue weighted by Crippen LogP contribution is 2.14. The van der Waals surface area contributed by atoms with Gasteiger partial charge in [0.15, 0.2) is 0 Å². The van der Waals surface area contributed by atoms with Crippen LogP contribution in [0.15, 0.2) is 24.5 Å². The molecule has 7 heteroatoms. The van der Waals surface area contributed by atoms with Gasteiger partial charge in [-0.05, 0) is 18.6 Å². The van der Waals surface area contributed by atoms with Crippen LogP contribution in [0, 0.1) is 6.92 Å². The number of fused-ring (bicyclic) bond motifs is 1. The van der Waals surface area contributed by atoms with E-state index in [4.69, 9.17) is 0 Å². The van der Waals surface area contributed by atoms with Gasteiger partial charge in [-0.2, -0.15) is 0 Å². The number of hydrogen-bond donors (Lipinski definition) is 2. The van der Waals surface area contributed by atoms with Crippen LogP contribution in [0.25, 0.3) is 5.65 Å². The number of amides is 1. The van der Waals surface area contributed by atoms with Crippen LogP contribution in [-0.4, -0.2) is 50.4 Å². The summed E-state index contributed by atoms with van der Waals surface area (Å²) in [5.41, 5.74) is 2.65. The summed E-state index contributed by atoms with van der Waals surface area (Å²) >= 11 is 0. The van der Waals surface area contributed by atoms with Crippen LogP contribution < -0.4 is 5.32 Å². The molecule has 0 spiro atoms. The molecule has 2 aromatic heterocycles. The van der Waals surface area contributed by atoms with Gasteiger partial charge >= 0.3 is 5.97 Å². The number of carbonyl (C=O) groups is 2. The second kappa shape index (κ2) is 5.17. The van der Waals surface area contributed by atoms with Gasteiger partial charge in [-0.15, -0.1) is 0 Å². The Kier molecular flexibility index (Phi) is 3.34. The summed E-state index contributed by atoms with van der Waals surface area (Å²) in [6, 6.07) is 3.19. The molecule has 3 rings (SSSR count). The molecule has 1 aliphatic rings. The number of rotatable bonds is 3. The monoisotopic (exact) mass is 288 g/mol. The largest absolute Gasteiger partial charge is 0.480 e. The molecule has 1 unspecified atom stereocenters. The lowest BCUT2D eigenvalue weighted by atomic mass is 10.2. The van der Waals surface area contributed by atoms with Crippen LogP contribution in [0.3, 0.4) is 0 Å². The molecule has 0 saturated carbocycles. The van der Waals surface area contributed by atoms with Gasteiger partial charge in [-0.3, -0.25) is 14.5 Å². The number of aromatic nitrogens is 2. The first-order chi connectivity index (χ1) is 10.0. The molecule has 21 heavy (non-hydrogen) atoms. The van der Waals surface area contributed by atoms with Crippen molar-refractivity contribution in [3.8, 4) is 0 Å². The molecule has 1 aliphatic heterocycles. The minimum atomic E-state index is -0.935. The summed E-state index contributed by atoms with van der Waals surface area (Å²) in [5.74, 6) is -1.10. The minimum Gasteiger partial charge on any atom is -0.480 e. The third kappa shape index (κ3) is 2.59. The Balaban J connectivity index is 1.87. The summed E-state index contributed by atoms with van der Waals surface area (Å²) < 4.78 is 1.91. The molecule has 1 atom stereocenters. The second-order valence-corrected chi connectivity index (χ2v) is 5.22. The van der Waals surface area contributed by atoms with E-state index >= 15 is 0 Å². The van der Waals surface area contributed by atoms with E-state index in [1.54, 1.807) is 4.90 Å². The molecule has 2 N–H and O–H groups in total. The number of hydrogen-bond acceptors (Lipinski definition) is 4. The van der Waals surface area contributed by atoms with Crippen LogP contribution in [0.1, 0.15) is 11.3 Å². The smallest absolute Gasteiger partial charge is 0.322 e. The number of nitrogens with zero attached hydrogens (tertiary/aromatic N) is 3. The average molecular weight is 288 g/mol. The molecule has 1 saturated heterocycles. The third-order valence-electron chi connectivity index (χ3n) is 3.66. The predicted octanol–water partition coefficient (Wildman–Crippen LogP) is 0.0277. The minimum absolute atomic E-state index is 0.0732. The first-order valence-corrected chi connectivity index (χ1v) is 6.71. The van der Waals surface area contributed by atoms with Gasteiger partial charge in [0.1, 0.15) is 11.7 Å². The Bertz CT molecular complexity index is 709. The molecule has 7 nitrogen and oxygen atoms in total. The number of pyridine rings is 1. The van der Waals surface area contributed by atoms with Crippen LogP contribution in [-0.2, 0) is 16.1 Å². The first kappa shape index (κ1) is 13.6. The van der Waals surface area contributed by atoms with Crippen LogP contribution in [0.2, 0.25) is 0 Å². The van der Waals surface area contributed by atoms with E-state index in [1.165, 1.54) is 0 Å². The van der Waals surface area contributed by atoms with Gasteiger partial charge in [0, 0.05) is 25.5 Å². The van der Waals surface area contributed by atoms with Gasteiger partial charge in [0.2, 0.25) is 5.91 Å². The highest BCUT2D eigenvalue weighted by atomic mass is 16.4. The topological polar surface area (TPSA) is 86.9 Å². The molecular formula is C14H16N4O3. The second-order valence-electron chi connectivity index (χ2n) is 5.22. The van der Waals surface area contributed by atoms with E-state index in [0.29, 0.717) is 6.54 Å². The van der Waals surface area contributed by atoms with Crippen molar-refractivity contribution >= 4 is 17.5 Å². The highest BCUT2D eigenvalue weighted by Gasteiger charge is 2.32. The lowest BCUT2D eigenvalue weighted by Gasteiger charge is -2.31. The standard InChI is InChI=1S/C14H16N4O3/c1-9-3-2-4-17-6-10(16-13(9)17)7-18-8-12(19)15-5-11(18)14(20)21/h2-4,6,11H,5,7-8H2,1H3,(H,15,19)(H,20,21). The predicted molar refractivity (Wildman–Crippen MR) is 74.8 cm³/mol.